The van der Waals surface area contributed by atoms with Crippen molar-refractivity contribution in [2.24, 2.45) is 5.92 Å². The van der Waals surface area contributed by atoms with Crippen molar-refractivity contribution in [3.05, 3.63) is 23.8 Å². The number of hydrogen-bond donors (Lipinski definition) is 1. The number of rotatable bonds is 5. The summed E-state index contributed by atoms with van der Waals surface area (Å²) >= 11 is 0. The molecule has 1 N–H and O–H groups in total. The first-order valence-electron chi connectivity index (χ1n) is 7.18. The lowest BCUT2D eigenvalue weighted by atomic mass is 10.00. The zero-order valence-corrected chi connectivity index (χ0v) is 13.5. The Hall–Kier alpha value is -1.09. The van der Waals surface area contributed by atoms with E-state index in [2.05, 4.69) is 69.4 Å². The summed E-state index contributed by atoms with van der Waals surface area (Å²) in [5, 5.41) is 3.57. The van der Waals surface area contributed by atoms with Crippen LogP contribution >= 0.6 is 0 Å². The quantitative estimate of drug-likeness (QED) is 0.873. The Kier molecular flexibility index (Phi) is 5.36. The molecule has 0 radical (unpaired) electrons. The molecule has 3 heteroatoms. The van der Waals surface area contributed by atoms with Gasteiger partial charge in [0.25, 0.3) is 0 Å². The normalized spacial score (nSPS) is 13.6. The highest BCUT2D eigenvalue weighted by molar-refractivity contribution is 5.50. The van der Waals surface area contributed by atoms with Crippen molar-refractivity contribution in [2.45, 2.75) is 60.0 Å². The largest absolute Gasteiger partial charge is 0.329 e. The third-order valence-corrected chi connectivity index (χ3v) is 3.15. The third-order valence-electron chi connectivity index (χ3n) is 3.15. The molecule has 0 aliphatic carbocycles. The van der Waals surface area contributed by atoms with Crippen molar-refractivity contribution in [1.29, 1.82) is 0 Å². The van der Waals surface area contributed by atoms with Crippen molar-refractivity contribution in [3.63, 3.8) is 0 Å². The monoisotopic (exact) mass is 263 g/mol. The molecular formula is C16H29N3. The standard InChI is InChI=1S/C16H29N3/c1-12(2)14(9-18-16(5,6)7)8-15-10-17-11-19(15)13(3)4/h8,10-13,18H,9H2,1-7H3. The van der Waals surface area contributed by atoms with Crippen LogP contribution < -0.4 is 5.32 Å². The molecule has 1 heterocycles. The Morgan fingerprint density at radius 1 is 1.32 bits per heavy atom. The number of nitrogens with zero attached hydrogens (tertiary/aromatic N) is 2. The van der Waals surface area contributed by atoms with E-state index in [1.54, 1.807) is 0 Å². The van der Waals surface area contributed by atoms with Gasteiger partial charge in [-0.3, -0.25) is 0 Å². The van der Waals surface area contributed by atoms with Gasteiger partial charge in [0, 0.05) is 18.1 Å². The fourth-order valence-corrected chi connectivity index (χ4v) is 1.84. The molecule has 0 saturated heterocycles. The predicted molar refractivity (Wildman–Crippen MR) is 83.2 cm³/mol. The first-order chi connectivity index (χ1) is 8.70. The van der Waals surface area contributed by atoms with Crippen molar-refractivity contribution < 1.29 is 0 Å². The highest BCUT2D eigenvalue weighted by atomic mass is 15.1. The fraction of sp³-hybridized carbons (Fsp3) is 0.688. The molecule has 1 aromatic rings. The minimum atomic E-state index is 0.145. The summed E-state index contributed by atoms with van der Waals surface area (Å²) in [6.07, 6.45) is 6.13. The Morgan fingerprint density at radius 2 is 1.95 bits per heavy atom. The molecule has 0 aliphatic heterocycles. The second-order valence-corrected chi connectivity index (χ2v) is 6.80. The maximum atomic E-state index is 4.26. The fourth-order valence-electron chi connectivity index (χ4n) is 1.84. The summed E-state index contributed by atoms with van der Waals surface area (Å²) in [5.74, 6) is 0.533. The Morgan fingerprint density at radius 3 is 2.42 bits per heavy atom. The molecule has 0 amide bonds. The van der Waals surface area contributed by atoms with Crippen LogP contribution in [0, 0.1) is 5.92 Å². The smallest absolute Gasteiger partial charge is 0.0953 e. The highest BCUT2D eigenvalue weighted by Crippen LogP contribution is 2.17. The van der Waals surface area contributed by atoms with Gasteiger partial charge in [-0.1, -0.05) is 19.4 Å². The van der Waals surface area contributed by atoms with E-state index in [-0.39, 0.29) is 5.54 Å². The lowest BCUT2D eigenvalue weighted by molar-refractivity contribution is 0.437. The van der Waals surface area contributed by atoms with E-state index < -0.39 is 0 Å². The number of hydrogen-bond acceptors (Lipinski definition) is 2. The van der Waals surface area contributed by atoms with Gasteiger partial charge in [-0.15, -0.1) is 0 Å². The second-order valence-electron chi connectivity index (χ2n) is 6.80. The lowest BCUT2D eigenvalue weighted by Gasteiger charge is -2.23. The van der Waals surface area contributed by atoms with Crippen LogP contribution in [0.1, 0.15) is 60.2 Å². The SMILES string of the molecule is CC(C)C(=Cc1cncn1C(C)C)CNC(C)(C)C. The molecule has 1 rings (SSSR count). The summed E-state index contributed by atoms with van der Waals surface area (Å²) in [5.41, 5.74) is 2.75. The van der Waals surface area contributed by atoms with Crippen LogP contribution in [0.5, 0.6) is 0 Å². The van der Waals surface area contributed by atoms with Crippen LogP contribution in [0.4, 0.5) is 0 Å². The molecule has 108 valence electrons. The minimum Gasteiger partial charge on any atom is -0.329 e. The molecule has 0 unspecified atom stereocenters. The van der Waals surface area contributed by atoms with E-state index in [4.69, 9.17) is 0 Å². The van der Waals surface area contributed by atoms with Gasteiger partial charge < -0.3 is 9.88 Å². The minimum absolute atomic E-state index is 0.145. The molecular weight excluding hydrogens is 234 g/mol. The number of aromatic nitrogens is 2. The maximum Gasteiger partial charge on any atom is 0.0953 e. The summed E-state index contributed by atoms with van der Waals surface area (Å²) in [6.45, 7) is 16.4. The van der Waals surface area contributed by atoms with E-state index >= 15 is 0 Å². The lowest BCUT2D eigenvalue weighted by Crippen LogP contribution is -2.37. The average molecular weight is 263 g/mol. The molecule has 0 atom stereocenters. The molecule has 0 spiro atoms. The van der Waals surface area contributed by atoms with E-state index in [1.807, 2.05) is 12.5 Å². The van der Waals surface area contributed by atoms with Gasteiger partial charge in [-0.25, -0.2) is 4.98 Å². The molecule has 1 aromatic heterocycles. The van der Waals surface area contributed by atoms with Gasteiger partial charge >= 0.3 is 0 Å². The first kappa shape index (κ1) is 16.0. The van der Waals surface area contributed by atoms with Crippen molar-refractivity contribution in [3.8, 4) is 0 Å². The second kappa shape index (κ2) is 6.38. The topological polar surface area (TPSA) is 29.9 Å². The molecule has 19 heavy (non-hydrogen) atoms. The molecule has 0 fully saturated rings. The number of imidazole rings is 1. The van der Waals surface area contributed by atoms with Crippen LogP contribution in [-0.4, -0.2) is 21.6 Å². The number of nitrogens with one attached hydrogen (secondary N) is 1. The zero-order valence-electron chi connectivity index (χ0n) is 13.5. The summed E-state index contributed by atoms with van der Waals surface area (Å²) in [4.78, 5) is 4.26. The molecule has 3 nitrogen and oxygen atoms in total. The van der Waals surface area contributed by atoms with Gasteiger partial charge in [-0.05, 0) is 46.6 Å². The van der Waals surface area contributed by atoms with Gasteiger partial charge in [0.1, 0.15) is 0 Å². The Balaban J connectivity index is 2.92. The van der Waals surface area contributed by atoms with Gasteiger partial charge in [0.2, 0.25) is 0 Å². The molecule has 0 saturated carbocycles. The Bertz CT molecular complexity index is 419. The summed E-state index contributed by atoms with van der Waals surface area (Å²) in [7, 11) is 0. The van der Waals surface area contributed by atoms with Gasteiger partial charge in [0.15, 0.2) is 0 Å². The van der Waals surface area contributed by atoms with E-state index in [0.29, 0.717) is 12.0 Å². The van der Waals surface area contributed by atoms with Crippen molar-refractivity contribution in [1.82, 2.24) is 14.9 Å². The maximum absolute atomic E-state index is 4.26. The first-order valence-corrected chi connectivity index (χ1v) is 7.18. The summed E-state index contributed by atoms with van der Waals surface area (Å²) in [6, 6.07) is 0.442. The van der Waals surface area contributed by atoms with Crippen LogP contribution in [0.2, 0.25) is 0 Å². The van der Waals surface area contributed by atoms with Crippen LogP contribution in [-0.2, 0) is 0 Å². The zero-order chi connectivity index (χ0) is 14.6. The Labute approximate surface area is 118 Å². The van der Waals surface area contributed by atoms with Crippen LogP contribution in [0.15, 0.2) is 18.1 Å². The van der Waals surface area contributed by atoms with Crippen molar-refractivity contribution >= 4 is 6.08 Å². The molecule has 0 bridgehead atoms. The van der Waals surface area contributed by atoms with E-state index in [9.17, 15) is 0 Å². The van der Waals surface area contributed by atoms with Gasteiger partial charge in [-0.2, -0.15) is 0 Å². The van der Waals surface area contributed by atoms with E-state index in [0.717, 1.165) is 6.54 Å². The van der Waals surface area contributed by atoms with E-state index in [1.165, 1.54) is 11.3 Å². The summed E-state index contributed by atoms with van der Waals surface area (Å²) < 4.78 is 2.21. The average Bonchev–Trinajstić information content (AvgIpc) is 2.70. The molecule has 0 aromatic carbocycles. The van der Waals surface area contributed by atoms with Crippen molar-refractivity contribution in [2.75, 3.05) is 6.54 Å². The molecule has 0 aliphatic rings. The third kappa shape index (κ3) is 5.19. The van der Waals surface area contributed by atoms with Crippen LogP contribution in [0.25, 0.3) is 6.08 Å². The predicted octanol–water partition coefficient (Wildman–Crippen LogP) is 3.89. The van der Waals surface area contributed by atoms with Gasteiger partial charge in [0.05, 0.1) is 18.2 Å². The highest BCUT2D eigenvalue weighted by Gasteiger charge is 2.12. The van der Waals surface area contributed by atoms with Crippen LogP contribution in [0.3, 0.4) is 0 Å².